The molecule has 0 spiro atoms. The standard InChI is InChI=1S/C13H17NO3/c1-13(2,3)12(16)14-10-7-5-9(6-8-10)11(15)17-4/h5-8H,1-4H3,(H,14,16). The van der Waals surface area contributed by atoms with Crippen molar-refractivity contribution >= 4 is 17.6 Å². The number of carbonyl (C=O) groups excluding carboxylic acids is 2. The van der Waals surface area contributed by atoms with Gasteiger partial charge in [-0.3, -0.25) is 4.79 Å². The molecule has 1 rings (SSSR count). The summed E-state index contributed by atoms with van der Waals surface area (Å²) in [4.78, 5) is 22.9. The van der Waals surface area contributed by atoms with Crippen LogP contribution in [0, 0.1) is 5.41 Å². The second kappa shape index (κ2) is 4.99. The molecule has 0 saturated heterocycles. The van der Waals surface area contributed by atoms with Crippen LogP contribution in [0.5, 0.6) is 0 Å². The highest BCUT2D eigenvalue weighted by Crippen LogP contribution is 2.17. The summed E-state index contributed by atoms with van der Waals surface area (Å²) >= 11 is 0. The SMILES string of the molecule is COC(=O)c1ccc(NC(=O)C(C)(C)C)cc1. The molecule has 0 heterocycles. The van der Waals surface area contributed by atoms with E-state index in [0.717, 1.165) is 0 Å². The molecule has 0 unspecified atom stereocenters. The Hall–Kier alpha value is -1.84. The lowest BCUT2D eigenvalue weighted by atomic mass is 9.95. The van der Waals surface area contributed by atoms with Crippen molar-refractivity contribution in [2.75, 3.05) is 12.4 Å². The lowest BCUT2D eigenvalue weighted by Gasteiger charge is -2.17. The van der Waals surface area contributed by atoms with E-state index in [1.54, 1.807) is 24.3 Å². The van der Waals surface area contributed by atoms with Gasteiger partial charge in [0, 0.05) is 11.1 Å². The number of benzene rings is 1. The van der Waals surface area contributed by atoms with Crippen molar-refractivity contribution in [3.8, 4) is 0 Å². The molecule has 0 bridgehead atoms. The summed E-state index contributed by atoms with van der Waals surface area (Å²) in [5.74, 6) is -0.456. The predicted octanol–water partition coefficient (Wildman–Crippen LogP) is 2.46. The lowest BCUT2D eigenvalue weighted by molar-refractivity contribution is -0.123. The zero-order valence-electron chi connectivity index (χ0n) is 10.5. The zero-order valence-corrected chi connectivity index (χ0v) is 10.5. The molecular formula is C13H17NO3. The summed E-state index contributed by atoms with van der Waals surface area (Å²) < 4.78 is 4.59. The maximum atomic E-state index is 11.7. The Labute approximate surface area is 101 Å². The molecule has 1 amide bonds. The van der Waals surface area contributed by atoms with Crippen LogP contribution < -0.4 is 5.32 Å². The van der Waals surface area contributed by atoms with Crippen molar-refractivity contribution in [3.63, 3.8) is 0 Å². The molecule has 0 saturated carbocycles. The number of esters is 1. The van der Waals surface area contributed by atoms with E-state index in [0.29, 0.717) is 11.3 Å². The maximum absolute atomic E-state index is 11.7. The number of hydrogen-bond acceptors (Lipinski definition) is 3. The molecule has 0 atom stereocenters. The van der Waals surface area contributed by atoms with Crippen LogP contribution in [-0.2, 0) is 9.53 Å². The van der Waals surface area contributed by atoms with E-state index < -0.39 is 11.4 Å². The van der Waals surface area contributed by atoms with E-state index in [4.69, 9.17) is 0 Å². The Bertz CT molecular complexity index is 415. The van der Waals surface area contributed by atoms with E-state index >= 15 is 0 Å². The fourth-order valence-electron chi connectivity index (χ4n) is 1.13. The van der Waals surface area contributed by atoms with Gasteiger partial charge in [-0.15, -0.1) is 0 Å². The van der Waals surface area contributed by atoms with Gasteiger partial charge in [-0.25, -0.2) is 4.79 Å². The molecule has 0 aromatic heterocycles. The second-order valence-electron chi connectivity index (χ2n) is 4.77. The lowest BCUT2D eigenvalue weighted by Crippen LogP contribution is -2.27. The molecule has 4 nitrogen and oxygen atoms in total. The fourth-order valence-corrected chi connectivity index (χ4v) is 1.13. The highest BCUT2D eigenvalue weighted by atomic mass is 16.5. The van der Waals surface area contributed by atoms with Gasteiger partial charge >= 0.3 is 5.97 Å². The van der Waals surface area contributed by atoms with E-state index in [1.807, 2.05) is 20.8 Å². The third-order valence-corrected chi connectivity index (χ3v) is 2.25. The monoisotopic (exact) mass is 235 g/mol. The summed E-state index contributed by atoms with van der Waals surface area (Å²) in [6.45, 7) is 5.52. The Morgan fingerprint density at radius 1 is 1.12 bits per heavy atom. The van der Waals surface area contributed by atoms with Crippen molar-refractivity contribution in [2.45, 2.75) is 20.8 Å². The molecule has 1 aromatic rings. The van der Waals surface area contributed by atoms with Gasteiger partial charge in [0.1, 0.15) is 0 Å². The average Bonchev–Trinajstić information content (AvgIpc) is 2.27. The van der Waals surface area contributed by atoms with Crippen molar-refractivity contribution in [2.24, 2.45) is 5.41 Å². The van der Waals surface area contributed by atoms with E-state index in [-0.39, 0.29) is 5.91 Å². The number of methoxy groups -OCH3 is 1. The van der Waals surface area contributed by atoms with Crippen molar-refractivity contribution in [1.82, 2.24) is 0 Å². The summed E-state index contributed by atoms with van der Waals surface area (Å²) in [5.41, 5.74) is 0.680. The van der Waals surface area contributed by atoms with Crippen LogP contribution in [0.4, 0.5) is 5.69 Å². The highest BCUT2D eigenvalue weighted by molar-refractivity contribution is 5.95. The van der Waals surface area contributed by atoms with Gasteiger partial charge in [-0.2, -0.15) is 0 Å². The third kappa shape index (κ3) is 3.59. The first-order valence-electron chi connectivity index (χ1n) is 5.34. The molecule has 0 aliphatic carbocycles. The number of nitrogens with one attached hydrogen (secondary N) is 1. The number of amides is 1. The number of rotatable bonds is 2. The number of anilines is 1. The van der Waals surface area contributed by atoms with Crippen molar-refractivity contribution < 1.29 is 14.3 Å². The van der Waals surface area contributed by atoms with E-state index in [2.05, 4.69) is 10.1 Å². The molecule has 0 aliphatic heterocycles. The van der Waals surface area contributed by atoms with Gasteiger partial charge in [0.25, 0.3) is 0 Å². The highest BCUT2D eigenvalue weighted by Gasteiger charge is 2.21. The predicted molar refractivity (Wildman–Crippen MR) is 65.9 cm³/mol. The average molecular weight is 235 g/mol. The minimum Gasteiger partial charge on any atom is -0.465 e. The van der Waals surface area contributed by atoms with Crippen LogP contribution in [0.15, 0.2) is 24.3 Å². The first kappa shape index (κ1) is 13.2. The van der Waals surface area contributed by atoms with Crippen LogP contribution in [0.25, 0.3) is 0 Å². The molecule has 92 valence electrons. The molecule has 17 heavy (non-hydrogen) atoms. The molecule has 1 aromatic carbocycles. The van der Waals surface area contributed by atoms with Crippen molar-refractivity contribution in [3.05, 3.63) is 29.8 Å². The van der Waals surface area contributed by atoms with Crippen LogP contribution in [0.2, 0.25) is 0 Å². The van der Waals surface area contributed by atoms with Crippen LogP contribution in [0.1, 0.15) is 31.1 Å². The molecule has 0 radical (unpaired) electrons. The topological polar surface area (TPSA) is 55.4 Å². The van der Waals surface area contributed by atoms with Gasteiger partial charge in [0.15, 0.2) is 0 Å². The summed E-state index contributed by atoms with van der Waals surface area (Å²) in [6.07, 6.45) is 0. The number of carbonyl (C=O) groups is 2. The Morgan fingerprint density at radius 2 is 1.65 bits per heavy atom. The third-order valence-electron chi connectivity index (χ3n) is 2.25. The summed E-state index contributed by atoms with van der Waals surface area (Å²) in [7, 11) is 1.33. The Kier molecular flexibility index (Phi) is 3.89. The van der Waals surface area contributed by atoms with Gasteiger partial charge in [0.05, 0.1) is 12.7 Å². The van der Waals surface area contributed by atoms with Crippen LogP contribution >= 0.6 is 0 Å². The first-order valence-corrected chi connectivity index (χ1v) is 5.34. The van der Waals surface area contributed by atoms with Gasteiger partial charge in [-0.05, 0) is 24.3 Å². The van der Waals surface area contributed by atoms with Crippen molar-refractivity contribution in [1.29, 1.82) is 0 Å². The number of hydrogen-bond donors (Lipinski definition) is 1. The molecule has 4 heteroatoms. The fraction of sp³-hybridized carbons (Fsp3) is 0.385. The molecule has 1 N–H and O–H groups in total. The van der Waals surface area contributed by atoms with Gasteiger partial charge < -0.3 is 10.1 Å². The van der Waals surface area contributed by atoms with E-state index in [9.17, 15) is 9.59 Å². The second-order valence-corrected chi connectivity index (χ2v) is 4.77. The summed E-state index contributed by atoms with van der Waals surface area (Å²) in [6, 6.07) is 6.58. The minimum atomic E-state index is -0.443. The normalized spacial score (nSPS) is 10.8. The molecule has 0 aliphatic rings. The Morgan fingerprint density at radius 3 is 2.06 bits per heavy atom. The Balaban J connectivity index is 2.76. The first-order chi connectivity index (χ1) is 7.84. The molecule has 0 fully saturated rings. The van der Waals surface area contributed by atoms with Gasteiger partial charge in [0.2, 0.25) is 5.91 Å². The zero-order chi connectivity index (χ0) is 13.1. The number of ether oxygens (including phenoxy) is 1. The quantitative estimate of drug-likeness (QED) is 0.801. The van der Waals surface area contributed by atoms with Crippen LogP contribution in [0.3, 0.4) is 0 Å². The molecular weight excluding hydrogens is 218 g/mol. The largest absolute Gasteiger partial charge is 0.465 e. The van der Waals surface area contributed by atoms with Gasteiger partial charge in [-0.1, -0.05) is 20.8 Å². The summed E-state index contributed by atoms with van der Waals surface area (Å²) in [5, 5.41) is 2.77. The smallest absolute Gasteiger partial charge is 0.337 e. The minimum absolute atomic E-state index is 0.0664. The van der Waals surface area contributed by atoms with Crippen LogP contribution in [-0.4, -0.2) is 19.0 Å². The maximum Gasteiger partial charge on any atom is 0.337 e. The van der Waals surface area contributed by atoms with E-state index in [1.165, 1.54) is 7.11 Å².